The van der Waals surface area contributed by atoms with E-state index in [1.54, 1.807) is 69.6 Å². The molecule has 16 heteroatoms. The first kappa shape index (κ1) is 46.3. The van der Waals surface area contributed by atoms with Crippen LogP contribution in [0.3, 0.4) is 0 Å². The second-order valence-electron chi connectivity index (χ2n) is 18.0. The number of aromatic nitrogens is 4. The molecular weight excluding hydrogens is 989 g/mol. The standard InChI is InChI=1S/C28H23N3O2S3.C26H25N3O2S3/c1-20-7-9-24(10-8-20)36(32,33)31-26-17-28(21-12-15-34-18-21,22-13-16-35-19-22)14-11-25(26)27(30-31)29-23-5-3-2-4-6-23;1-18-5-7-22(8-6-18)34(30,31)29-24-15-26(19-10-13-32-16-19,20-11-14-33-17-20)12-9-23(24)25(28-29)27-21-3-2-4-21/h2-16,18-19H,17H2,1H3,(H,29,30);5-14,16-17,21H,2-4,15H2,1H3,(H,27,28). The smallest absolute Gasteiger partial charge is 0.283 e. The Morgan fingerprint density at radius 3 is 1.34 bits per heavy atom. The molecule has 3 aliphatic carbocycles. The lowest BCUT2D eigenvalue weighted by atomic mass is 9.70. The van der Waals surface area contributed by atoms with Crippen molar-refractivity contribution in [3.63, 3.8) is 0 Å². The van der Waals surface area contributed by atoms with E-state index in [2.05, 4.69) is 106 Å². The normalized spacial score (nSPS) is 15.9. The minimum atomic E-state index is -3.92. The zero-order chi connectivity index (χ0) is 48.1. The Balaban J connectivity index is 0.000000153. The molecule has 0 unspecified atom stereocenters. The van der Waals surface area contributed by atoms with Gasteiger partial charge in [-0.1, -0.05) is 77.9 Å². The summed E-state index contributed by atoms with van der Waals surface area (Å²) in [6.07, 6.45) is 12.9. The van der Waals surface area contributed by atoms with Gasteiger partial charge in [-0.05, 0) is 159 Å². The van der Waals surface area contributed by atoms with Gasteiger partial charge in [-0.15, -0.1) is 10.2 Å². The first-order valence-electron chi connectivity index (χ1n) is 22.9. The minimum Gasteiger partial charge on any atom is -0.365 e. The fraction of sp³-hybridized carbons (Fsp3) is 0.185. The lowest BCUT2D eigenvalue weighted by Gasteiger charge is -2.33. The number of thiophene rings is 4. The molecule has 1 fully saturated rings. The van der Waals surface area contributed by atoms with E-state index in [-0.39, 0.29) is 9.79 Å². The Morgan fingerprint density at radius 1 is 0.543 bits per heavy atom. The van der Waals surface area contributed by atoms with Crippen LogP contribution in [0, 0.1) is 13.8 Å². The van der Waals surface area contributed by atoms with E-state index < -0.39 is 30.9 Å². The summed E-state index contributed by atoms with van der Waals surface area (Å²) in [5.74, 6) is 1.18. The average molecular weight is 1040 g/mol. The lowest BCUT2D eigenvalue weighted by Crippen LogP contribution is -2.32. The highest BCUT2D eigenvalue weighted by Crippen LogP contribution is 2.47. The second-order valence-corrected chi connectivity index (χ2v) is 24.7. The van der Waals surface area contributed by atoms with Gasteiger partial charge in [0, 0.05) is 46.5 Å². The van der Waals surface area contributed by atoms with Crippen LogP contribution >= 0.6 is 45.3 Å². The maximum atomic E-state index is 13.9. The molecular formula is C54H48N6O4S6. The summed E-state index contributed by atoms with van der Waals surface area (Å²) in [6, 6.07) is 32.5. The average Bonchev–Trinajstić information content (AvgIpc) is 4.22. The molecule has 70 heavy (non-hydrogen) atoms. The third-order valence-electron chi connectivity index (χ3n) is 13.7. The van der Waals surface area contributed by atoms with Gasteiger partial charge in [0.15, 0.2) is 11.6 Å². The molecule has 0 atom stereocenters. The molecule has 0 radical (unpaired) electrons. The third-order valence-corrected chi connectivity index (χ3v) is 19.6. The van der Waals surface area contributed by atoms with Crippen LogP contribution in [0.2, 0.25) is 0 Å². The van der Waals surface area contributed by atoms with Crippen molar-refractivity contribution >= 4 is 94.9 Å². The summed E-state index contributed by atoms with van der Waals surface area (Å²) in [6.45, 7) is 3.89. The van der Waals surface area contributed by atoms with Crippen LogP contribution in [0.4, 0.5) is 17.3 Å². The zero-order valence-electron chi connectivity index (χ0n) is 38.2. The van der Waals surface area contributed by atoms with Crippen LogP contribution in [0.5, 0.6) is 0 Å². The Labute approximate surface area is 424 Å². The van der Waals surface area contributed by atoms with E-state index in [0.29, 0.717) is 36.2 Å². The number of benzene rings is 3. The predicted molar refractivity (Wildman–Crippen MR) is 287 cm³/mol. The van der Waals surface area contributed by atoms with Gasteiger partial charge in [0.1, 0.15) is 0 Å². The summed E-state index contributed by atoms with van der Waals surface area (Å²) < 4.78 is 58.0. The molecule has 2 N–H and O–H groups in total. The lowest BCUT2D eigenvalue weighted by molar-refractivity contribution is 0.444. The summed E-state index contributed by atoms with van der Waals surface area (Å²) in [7, 11) is -7.77. The number of anilines is 3. The van der Waals surface area contributed by atoms with Gasteiger partial charge in [0.25, 0.3) is 20.0 Å². The van der Waals surface area contributed by atoms with Gasteiger partial charge in [-0.25, -0.2) is 0 Å². The van der Waals surface area contributed by atoms with Crippen molar-refractivity contribution < 1.29 is 16.8 Å². The molecule has 0 amide bonds. The molecule has 6 aromatic heterocycles. The Hall–Kier alpha value is -6.14. The highest BCUT2D eigenvalue weighted by molar-refractivity contribution is 7.90. The van der Waals surface area contributed by atoms with Crippen molar-refractivity contribution in [2.75, 3.05) is 10.6 Å². The molecule has 3 aromatic carbocycles. The van der Waals surface area contributed by atoms with Gasteiger partial charge in [-0.3, -0.25) is 0 Å². The monoisotopic (exact) mass is 1040 g/mol. The number of nitrogens with one attached hydrogen (secondary N) is 2. The number of para-hydroxylation sites is 1. The predicted octanol–water partition coefficient (Wildman–Crippen LogP) is 12.9. The van der Waals surface area contributed by atoms with Gasteiger partial charge in [0.05, 0.1) is 21.2 Å². The molecule has 9 aromatic rings. The number of allylic oxidation sites excluding steroid dienone is 2. The first-order valence-corrected chi connectivity index (χ1v) is 29.6. The summed E-state index contributed by atoms with van der Waals surface area (Å²) in [4.78, 5) is 0.473. The number of aryl methyl sites for hydroxylation is 2. The fourth-order valence-electron chi connectivity index (χ4n) is 9.48. The highest BCUT2D eigenvalue weighted by Gasteiger charge is 2.42. The van der Waals surface area contributed by atoms with Crippen LogP contribution in [-0.2, 0) is 43.7 Å². The second kappa shape index (κ2) is 18.6. The van der Waals surface area contributed by atoms with Crippen molar-refractivity contribution in [3.05, 3.63) is 214 Å². The van der Waals surface area contributed by atoms with E-state index in [9.17, 15) is 16.8 Å². The fourth-order valence-corrected chi connectivity index (χ4v) is 15.1. The van der Waals surface area contributed by atoms with Gasteiger partial charge in [0.2, 0.25) is 0 Å². The molecule has 0 saturated heterocycles. The third kappa shape index (κ3) is 8.33. The van der Waals surface area contributed by atoms with Crippen LogP contribution in [0.15, 0.2) is 168 Å². The van der Waals surface area contributed by atoms with E-state index in [4.69, 9.17) is 0 Å². The summed E-state index contributed by atoms with van der Waals surface area (Å²) >= 11 is 6.60. The molecule has 354 valence electrons. The van der Waals surface area contributed by atoms with E-state index in [0.717, 1.165) is 57.6 Å². The summed E-state index contributed by atoms with van der Waals surface area (Å²) in [5.41, 5.74) is 9.65. The van der Waals surface area contributed by atoms with Crippen molar-refractivity contribution in [2.45, 2.75) is 72.6 Å². The summed E-state index contributed by atoms with van der Waals surface area (Å²) in [5, 5.41) is 33.1. The maximum absolute atomic E-state index is 13.9. The number of fused-ring (bicyclic) bond motifs is 2. The zero-order valence-corrected chi connectivity index (χ0v) is 43.1. The topological polar surface area (TPSA) is 128 Å². The quantitative estimate of drug-likeness (QED) is 0.124. The molecule has 1 saturated carbocycles. The SMILES string of the molecule is Cc1ccc(S(=O)(=O)n2nc(NC3CCC3)c3c2CC(c2ccsc2)(c2ccsc2)C=C3)cc1.Cc1ccc(S(=O)(=O)n2nc(Nc3ccccc3)c3c2CC(c2ccsc2)(c2ccsc2)C=C3)cc1. The van der Waals surface area contributed by atoms with Gasteiger partial charge < -0.3 is 10.6 Å². The first-order chi connectivity index (χ1) is 33.9. The van der Waals surface area contributed by atoms with Crippen molar-refractivity contribution in [1.29, 1.82) is 0 Å². The van der Waals surface area contributed by atoms with E-state index in [1.807, 2.05) is 74.5 Å². The minimum absolute atomic E-state index is 0.218. The molecule has 12 rings (SSSR count). The molecule has 3 aliphatic rings. The maximum Gasteiger partial charge on any atom is 0.283 e. The highest BCUT2D eigenvalue weighted by atomic mass is 32.2. The molecule has 6 heterocycles. The number of rotatable bonds is 12. The van der Waals surface area contributed by atoms with Gasteiger partial charge in [-0.2, -0.15) is 70.4 Å². The van der Waals surface area contributed by atoms with Crippen molar-refractivity contribution in [2.24, 2.45) is 0 Å². The van der Waals surface area contributed by atoms with E-state index in [1.165, 1.54) is 25.7 Å². The number of hydrogen-bond donors (Lipinski definition) is 2. The largest absolute Gasteiger partial charge is 0.365 e. The number of hydrogen-bond acceptors (Lipinski definition) is 12. The molecule has 0 spiro atoms. The molecule has 10 nitrogen and oxygen atoms in total. The number of nitrogens with zero attached hydrogens (tertiary/aromatic N) is 4. The van der Waals surface area contributed by atoms with Crippen molar-refractivity contribution in [1.82, 2.24) is 18.4 Å². The van der Waals surface area contributed by atoms with E-state index >= 15 is 0 Å². The molecule has 0 bridgehead atoms. The van der Waals surface area contributed by atoms with Gasteiger partial charge >= 0.3 is 0 Å². The van der Waals surface area contributed by atoms with Crippen LogP contribution in [0.1, 0.15) is 75.2 Å². The van der Waals surface area contributed by atoms with Crippen LogP contribution in [-0.4, -0.2) is 41.2 Å². The van der Waals surface area contributed by atoms with Crippen LogP contribution in [0.25, 0.3) is 12.2 Å². The Bertz CT molecular complexity index is 3490. The molecule has 0 aliphatic heterocycles. The van der Waals surface area contributed by atoms with Crippen LogP contribution < -0.4 is 10.6 Å². The van der Waals surface area contributed by atoms with Crippen molar-refractivity contribution in [3.8, 4) is 0 Å². The Morgan fingerprint density at radius 2 is 0.957 bits per heavy atom. The Kier molecular flexibility index (Phi) is 12.3.